The number of hydrogen-bond acceptors (Lipinski definition) is 6. The molecular weight excluding hydrogens is 490 g/mol. The van der Waals surface area contributed by atoms with E-state index >= 15 is 0 Å². The first-order valence-corrected chi connectivity index (χ1v) is 10.6. The molecule has 0 fully saturated rings. The Morgan fingerprint density at radius 1 is 0.939 bits per heavy atom. The van der Waals surface area contributed by atoms with Crippen molar-refractivity contribution in [3.63, 3.8) is 0 Å². The topological polar surface area (TPSA) is 106 Å². The van der Waals surface area contributed by atoms with E-state index in [-0.39, 0.29) is 12.5 Å². The molecule has 0 bridgehead atoms. The summed E-state index contributed by atoms with van der Waals surface area (Å²) < 4.78 is 11.0. The zero-order chi connectivity index (χ0) is 23.6. The molecule has 0 atom stereocenters. The van der Waals surface area contributed by atoms with Crippen molar-refractivity contribution in [2.75, 3.05) is 13.7 Å². The fourth-order valence-corrected chi connectivity index (χ4v) is 3.08. The van der Waals surface area contributed by atoms with E-state index in [2.05, 4.69) is 31.8 Å². The van der Waals surface area contributed by atoms with Gasteiger partial charge in [0.2, 0.25) is 0 Å². The van der Waals surface area contributed by atoms with Gasteiger partial charge < -0.3 is 14.8 Å². The van der Waals surface area contributed by atoms with Gasteiger partial charge in [-0.2, -0.15) is 5.10 Å². The van der Waals surface area contributed by atoms with E-state index in [1.807, 2.05) is 6.07 Å². The lowest BCUT2D eigenvalue weighted by atomic mass is 10.2. The Morgan fingerprint density at radius 3 is 2.27 bits per heavy atom. The van der Waals surface area contributed by atoms with Crippen molar-refractivity contribution in [3.05, 3.63) is 94.0 Å². The molecule has 2 amide bonds. The third-order valence-electron chi connectivity index (χ3n) is 4.35. The van der Waals surface area contributed by atoms with Crippen LogP contribution in [0.4, 0.5) is 0 Å². The van der Waals surface area contributed by atoms with E-state index in [9.17, 15) is 14.4 Å². The second-order valence-electron chi connectivity index (χ2n) is 6.64. The lowest BCUT2D eigenvalue weighted by molar-refractivity contribution is -0.120. The van der Waals surface area contributed by atoms with Crippen molar-refractivity contribution in [1.29, 1.82) is 0 Å². The number of benzene rings is 3. The third-order valence-corrected chi connectivity index (χ3v) is 5.04. The van der Waals surface area contributed by atoms with E-state index in [0.29, 0.717) is 32.7 Å². The highest BCUT2D eigenvalue weighted by atomic mass is 79.9. The average Bonchev–Trinajstić information content (AvgIpc) is 2.84. The molecule has 0 heterocycles. The van der Waals surface area contributed by atoms with E-state index in [1.165, 1.54) is 13.3 Å². The molecule has 0 aliphatic carbocycles. The number of carbonyl (C=O) groups is 3. The van der Waals surface area contributed by atoms with Gasteiger partial charge in [-0.25, -0.2) is 10.2 Å². The van der Waals surface area contributed by atoms with Gasteiger partial charge in [-0.15, -0.1) is 0 Å². The number of hydrogen-bond donors (Lipinski definition) is 2. The first kappa shape index (κ1) is 23.7. The molecule has 3 rings (SSSR count). The van der Waals surface area contributed by atoms with Crippen molar-refractivity contribution in [1.82, 2.24) is 10.7 Å². The summed E-state index contributed by atoms with van der Waals surface area (Å²) in [4.78, 5) is 36.2. The summed E-state index contributed by atoms with van der Waals surface area (Å²) in [7, 11) is 1.54. The fraction of sp³-hybridized carbons (Fsp3) is 0.0833. The molecule has 168 valence electrons. The Labute approximate surface area is 198 Å². The third kappa shape index (κ3) is 7.01. The smallest absolute Gasteiger partial charge is 0.344 e. The van der Waals surface area contributed by atoms with Gasteiger partial charge in [0.05, 0.1) is 25.4 Å². The van der Waals surface area contributed by atoms with Crippen LogP contribution in [0, 0.1) is 0 Å². The summed E-state index contributed by atoms with van der Waals surface area (Å²) in [5.41, 5.74) is 3.85. The molecule has 0 aliphatic rings. The fourth-order valence-electron chi connectivity index (χ4n) is 2.63. The normalized spacial score (nSPS) is 10.5. The van der Waals surface area contributed by atoms with Gasteiger partial charge in [0.25, 0.3) is 11.8 Å². The Balaban J connectivity index is 1.45. The number of carbonyl (C=O) groups excluding carboxylic acids is 3. The molecule has 2 N–H and O–H groups in total. The number of nitrogens with zero attached hydrogens (tertiary/aromatic N) is 1. The summed E-state index contributed by atoms with van der Waals surface area (Å²) >= 11 is 3.32. The number of hydrazone groups is 1. The minimum atomic E-state index is -0.480. The van der Waals surface area contributed by atoms with Gasteiger partial charge in [-0.3, -0.25) is 9.59 Å². The van der Waals surface area contributed by atoms with Gasteiger partial charge in [0, 0.05) is 10.0 Å². The number of esters is 1. The van der Waals surface area contributed by atoms with Gasteiger partial charge in [0.15, 0.2) is 0 Å². The first-order valence-electron chi connectivity index (χ1n) is 9.77. The first-order chi connectivity index (χ1) is 16.0. The molecule has 0 spiro atoms. The van der Waals surface area contributed by atoms with Crippen molar-refractivity contribution < 1.29 is 23.9 Å². The van der Waals surface area contributed by atoms with Crippen LogP contribution >= 0.6 is 15.9 Å². The predicted molar refractivity (Wildman–Crippen MR) is 127 cm³/mol. The molecule has 8 nitrogen and oxygen atoms in total. The molecule has 0 radical (unpaired) electrons. The lowest BCUT2D eigenvalue weighted by Crippen LogP contribution is -2.34. The van der Waals surface area contributed by atoms with Gasteiger partial charge >= 0.3 is 5.97 Å². The van der Waals surface area contributed by atoms with Gasteiger partial charge in [-0.1, -0.05) is 12.1 Å². The van der Waals surface area contributed by atoms with Crippen LogP contribution in [-0.4, -0.2) is 37.7 Å². The average molecular weight is 510 g/mol. The molecule has 0 aliphatic heterocycles. The molecule has 3 aromatic rings. The number of rotatable bonds is 8. The SMILES string of the molecule is COc1ccc(C(=O)NCC(=O)N/N=C/c2ccc(OC(=O)c3ccccc3Br)cc2)cc1. The summed E-state index contributed by atoms with van der Waals surface area (Å²) in [6, 6.07) is 20.1. The number of nitrogens with one attached hydrogen (secondary N) is 2. The van der Waals surface area contributed by atoms with Crippen molar-refractivity contribution in [3.8, 4) is 11.5 Å². The molecule has 0 saturated carbocycles. The van der Waals surface area contributed by atoms with Gasteiger partial charge in [0.1, 0.15) is 11.5 Å². The quantitative estimate of drug-likeness (QED) is 0.209. The minimum absolute atomic E-state index is 0.230. The number of methoxy groups -OCH3 is 1. The molecule has 9 heteroatoms. The van der Waals surface area contributed by atoms with Crippen LogP contribution in [0.15, 0.2) is 82.4 Å². The van der Waals surface area contributed by atoms with Crippen LogP contribution in [0.1, 0.15) is 26.3 Å². The van der Waals surface area contributed by atoms with Crippen molar-refractivity contribution >= 4 is 39.9 Å². The molecular formula is C24H20BrN3O5. The standard InChI is InChI=1S/C24H20BrN3O5/c1-32-18-12-8-17(9-13-18)23(30)26-15-22(29)28-27-14-16-6-10-19(11-7-16)33-24(31)20-4-2-3-5-21(20)25/h2-14H,15H2,1H3,(H,26,30)(H,28,29)/b27-14+. The Kier molecular flexibility index (Phi) is 8.31. The molecule has 33 heavy (non-hydrogen) atoms. The van der Waals surface area contributed by atoms with Crippen LogP contribution in [0.3, 0.4) is 0 Å². The summed E-state index contributed by atoms with van der Waals surface area (Å²) in [5.74, 6) is -0.336. The highest BCUT2D eigenvalue weighted by Gasteiger charge is 2.12. The zero-order valence-electron chi connectivity index (χ0n) is 17.6. The zero-order valence-corrected chi connectivity index (χ0v) is 19.2. The molecule has 0 unspecified atom stereocenters. The van der Waals surface area contributed by atoms with Crippen LogP contribution in [0.25, 0.3) is 0 Å². The van der Waals surface area contributed by atoms with Gasteiger partial charge in [-0.05, 0) is 82.2 Å². The molecule has 3 aromatic carbocycles. The van der Waals surface area contributed by atoms with Crippen LogP contribution < -0.4 is 20.2 Å². The lowest BCUT2D eigenvalue weighted by Gasteiger charge is -2.06. The maximum Gasteiger partial charge on any atom is 0.344 e. The number of amides is 2. The monoisotopic (exact) mass is 509 g/mol. The minimum Gasteiger partial charge on any atom is -0.497 e. The second-order valence-corrected chi connectivity index (χ2v) is 7.50. The largest absolute Gasteiger partial charge is 0.497 e. The molecule has 0 aromatic heterocycles. The van der Waals surface area contributed by atoms with Crippen LogP contribution in [0.2, 0.25) is 0 Å². The number of halogens is 1. The Bertz CT molecular complexity index is 1160. The second kappa shape index (κ2) is 11.6. The predicted octanol–water partition coefficient (Wildman–Crippen LogP) is 3.56. The van der Waals surface area contributed by atoms with Crippen molar-refractivity contribution in [2.24, 2.45) is 5.10 Å². The van der Waals surface area contributed by atoms with E-state index in [1.54, 1.807) is 66.7 Å². The van der Waals surface area contributed by atoms with Crippen LogP contribution in [0.5, 0.6) is 11.5 Å². The Morgan fingerprint density at radius 2 is 1.61 bits per heavy atom. The van der Waals surface area contributed by atoms with Crippen molar-refractivity contribution in [2.45, 2.75) is 0 Å². The highest BCUT2D eigenvalue weighted by molar-refractivity contribution is 9.10. The van der Waals surface area contributed by atoms with E-state index in [0.717, 1.165) is 0 Å². The van der Waals surface area contributed by atoms with E-state index < -0.39 is 11.9 Å². The summed E-state index contributed by atoms with van der Waals surface area (Å²) in [6.45, 7) is -0.230. The van der Waals surface area contributed by atoms with E-state index in [4.69, 9.17) is 9.47 Å². The Hall–Kier alpha value is -3.98. The molecule has 0 saturated heterocycles. The summed E-state index contributed by atoms with van der Waals surface area (Å²) in [5, 5.41) is 6.37. The maximum atomic E-state index is 12.2. The summed E-state index contributed by atoms with van der Waals surface area (Å²) in [6.07, 6.45) is 1.43. The maximum absolute atomic E-state index is 12.2. The number of ether oxygens (including phenoxy) is 2. The van der Waals surface area contributed by atoms with Crippen LogP contribution in [-0.2, 0) is 4.79 Å². The highest BCUT2D eigenvalue weighted by Crippen LogP contribution is 2.19.